The van der Waals surface area contributed by atoms with Crippen molar-refractivity contribution in [3.8, 4) is 0 Å². The van der Waals surface area contributed by atoms with E-state index in [1.807, 2.05) is 33.1 Å². The van der Waals surface area contributed by atoms with Crippen molar-refractivity contribution in [2.24, 2.45) is 0 Å². The van der Waals surface area contributed by atoms with Gasteiger partial charge in [0, 0.05) is 42.2 Å². The van der Waals surface area contributed by atoms with Gasteiger partial charge in [0.15, 0.2) is 5.16 Å². The van der Waals surface area contributed by atoms with Crippen molar-refractivity contribution in [3.63, 3.8) is 0 Å². The van der Waals surface area contributed by atoms with E-state index in [1.54, 1.807) is 16.7 Å². The summed E-state index contributed by atoms with van der Waals surface area (Å²) >= 11 is 8.14. The van der Waals surface area contributed by atoms with Crippen molar-refractivity contribution in [1.29, 1.82) is 0 Å². The number of amides is 1. The Morgan fingerprint density at radius 1 is 1.09 bits per heavy atom. The van der Waals surface area contributed by atoms with E-state index in [0.29, 0.717) is 13.1 Å². The average molecular weight is 501 g/mol. The van der Waals surface area contributed by atoms with Gasteiger partial charge in [0.05, 0.1) is 5.69 Å². The fraction of sp³-hybridized carbons (Fsp3) is 0.577. The summed E-state index contributed by atoms with van der Waals surface area (Å²) in [5.74, 6) is 1.05. The Kier molecular flexibility index (Phi) is 6.22. The van der Waals surface area contributed by atoms with E-state index < -0.39 is 5.60 Å². The lowest BCUT2D eigenvalue weighted by Gasteiger charge is -2.40. The quantitative estimate of drug-likeness (QED) is 0.413. The van der Waals surface area contributed by atoms with Crippen LogP contribution in [0.15, 0.2) is 23.4 Å². The molecule has 8 heteroatoms. The number of carbonyl (C=O) groups is 1. The molecule has 0 radical (unpaired) electrons. The van der Waals surface area contributed by atoms with E-state index >= 15 is 0 Å². The van der Waals surface area contributed by atoms with Crippen LogP contribution < -0.4 is 4.90 Å². The summed E-state index contributed by atoms with van der Waals surface area (Å²) in [4.78, 5) is 26.6. The number of halogens is 1. The molecule has 0 saturated carbocycles. The van der Waals surface area contributed by atoms with Gasteiger partial charge < -0.3 is 14.5 Å². The molecule has 1 aromatic carbocycles. The molecule has 1 atom stereocenters. The summed E-state index contributed by atoms with van der Waals surface area (Å²) in [7, 11) is 0. The van der Waals surface area contributed by atoms with E-state index in [2.05, 4.69) is 17.0 Å². The minimum absolute atomic E-state index is 0.129. The lowest BCUT2D eigenvalue weighted by atomic mass is 9.69. The summed E-state index contributed by atoms with van der Waals surface area (Å²) in [5, 5.41) is 1.72. The van der Waals surface area contributed by atoms with Crippen LogP contribution in [0, 0.1) is 0 Å². The minimum atomic E-state index is -0.480. The molecule has 2 heterocycles. The van der Waals surface area contributed by atoms with Gasteiger partial charge >= 0.3 is 6.09 Å². The molecular formula is C26H33ClN4O2S. The van der Waals surface area contributed by atoms with Gasteiger partial charge in [0.1, 0.15) is 11.4 Å². The highest BCUT2D eigenvalue weighted by atomic mass is 35.5. The molecule has 5 rings (SSSR count). The number of ether oxygens (including phenoxy) is 1. The summed E-state index contributed by atoms with van der Waals surface area (Å²) in [6.07, 6.45) is 6.99. The van der Waals surface area contributed by atoms with Crippen molar-refractivity contribution in [1.82, 2.24) is 14.9 Å². The van der Waals surface area contributed by atoms with E-state index in [-0.39, 0.29) is 11.5 Å². The Morgan fingerprint density at radius 2 is 1.79 bits per heavy atom. The number of fused-ring (bicyclic) bond motifs is 3. The third kappa shape index (κ3) is 4.37. The topological polar surface area (TPSA) is 58.6 Å². The predicted octanol–water partition coefficient (Wildman–Crippen LogP) is 5.28. The van der Waals surface area contributed by atoms with Crippen LogP contribution in [0.5, 0.6) is 0 Å². The first-order valence-electron chi connectivity index (χ1n) is 12.1. The van der Waals surface area contributed by atoms with E-state index in [0.717, 1.165) is 61.2 Å². The van der Waals surface area contributed by atoms with Crippen LogP contribution in [0.1, 0.15) is 56.0 Å². The molecule has 0 bridgehead atoms. The normalized spacial score (nSPS) is 22.0. The Hall–Kier alpha value is -1.99. The standard InChI is InChI=1S/C26H33ClN4O2S/c1-25(2,3)33-24(32)31-14-12-30(13-15-31)22-18-9-11-26(16-21(18)28-23(29-22)34-4)10-8-17-19(26)6-5-7-20(17)27/h5-7H,8-16H2,1-4H3. The van der Waals surface area contributed by atoms with E-state index in [9.17, 15) is 4.79 Å². The van der Waals surface area contributed by atoms with Crippen LogP contribution >= 0.6 is 23.4 Å². The number of piperazine rings is 1. The zero-order valence-corrected chi connectivity index (χ0v) is 22.1. The first-order chi connectivity index (χ1) is 16.2. The highest BCUT2D eigenvalue weighted by Crippen LogP contribution is 2.50. The lowest BCUT2D eigenvalue weighted by molar-refractivity contribution is 0.0240. The molecule has 1 aromatic heterocycles. The molecule has 1 saturated heterocycles. The van der Waals surface area contributed by atoms with Crippen molar-refractivity contribution < 1.29 is 9.53 Å². The Labute approximate surface area is 211 Å². The smallest absolute Gasteiger partial charge is 0.410 e. The monoisotopic (exact) mass is 500 g/mol. The summed E-state index contributed by atoms with van der Waals surface area (Å²) < 4.78 is 5.57. The molecular weight excluding hydrogens is 468 g/mol. The maximum absolute atomic E-state index is 12.5. The maximum atomic E-state index is 12.5. The van der Waals surface area contributed by atoms with Crippen LogP contribution in [0.2, 0.25) is 5.02 Å². The zero-order valence-electron chi connectivity index (χ0n) is 20.5. The highest BCUT2D eigenvalue weighted by molar-refractivity contribution is 7.98. The van der Waals surface area contributed by atoms with E-state index in [1.165, 1.54) is 22.4 Å². The molecule has 6 nitrogen and oxygen atoms in total. The fourth-order valence-corrected chi connectivity index (χ4v) is 6.35. The molecule has 2 aliphatic carbocycles. The van der Waals surface area contributed by atoms with Gasteiger partial charge in [-0.15, -0.1) is 0 Å². The van der Waals surface area contributed by atoms with Crippen LogP contribution in [0.4, 0.5) is 10.6 Å². The van der Waals surface area contributed by atoms with E-state index in [4.69, 9.17) is 26.3 Å². The third-order valence-electron chi connectivity index (χ3n) is 7.37. The molecule has 1 unspecified atom stereocenters. The van der Waals surface area contributed by atoms with Gasteiger partial charge in [-0.25, -0.2) is 14.8 Å². The number of anilines is 1. The minimum Gasteiger partial charge on any atom is -0.444 e. The largest absolute Gasteiger partial charge is 0.444 e. The Balaban J connectivity index is 1.39. The van der Waals surface area contributed by atoms with Gasteiger partial charge in [-0.3, -0.25) is 0 Å². The summed E-state index contributed by atoms with van der Waals surface area (Å²) in [6.45, 7) is 8.49. The highest BCUT2D eigenvalue weighted by Gasteiger charge is 2.43. The number of hydrogen-bond donors (Lipinski definition) is 0. The van der Waals surface area contributed by atoms with Crippen molar-refractivity contribution in [3.05, 3.63) is 45.6 Å². The average Bonchev–Trinajstić information content (AvgIpc) is 3.16. The second-order valence-electron chi connectivity index (χ2n) is 10.6. The maximum Gasteiger partial charge on any atom is 0.410 e. The first-order valence-corrected chi connectivity index (χ1v) is 13.7. The van der Waals surface area contributed by atoms with Gasteiger partial charge in [-0.2, -0.15) is 0 Å². The molecule has 34 heavy (non-hydrogen) atoms. The third-order valence-corrected chi connectivity index (χ3v) is 8.27. The molecule has 0 N–H and O–H groups in total. The first kappa shape index (κ1) is 23.7. The second kappa shape index (κ2) is 8.90. The molecule has 3 aliphatic rings. The molecule has 182 valence electrons. The van der Waals surface area contributed by atoms with Gasteiger partial charge in [-0.05, 0) is 76.3 Å². The number of aromatic nitrogens is 2. The number of benzene rings is 1. The van der Waals surface area contributed by atoms with Gasteiger partial charge in [-0.1, -0.05) is 35.5 Å². The Bertz CT molecular complexity index is 1110. The van der Waals surface area contributed by atoms with Crippen molar-refractivity contribution >= 4 is 35.3 Å². The molecule has 1 fully saturated rings. The molecule has 1 aliphatic heterocycles. The van der Waals surface area contributed by atoms with Crippen LogP contribution in [-0.2, 0) is 29.4 Å². The number of hydrogen-bond acceptors (Lipinski definition) is 6. The molecule has 1 amide bonds. The predicted molar refractivity (Wildman–Crippen MR) is 137 cm³/mol. The van der Waals surface area contributed by atoms with Gasteiger partial charge in [0.2, 0.25) is 0 Å². The summed E-state index contributed by atoms with van der Waals surface area (Å²) in [5.41, 5.74) is 4.86. The Morgan fingerprint density at radius 3 is 2.47 bits per heavy atom. The molecule has 2 aromatic rings. The number of nitrogens with zero attached hydrogens (tertiary/aromatic N) is 4. The lowest BCUT2D eigenvalue weighted by Crippen LogP contribution is -2.50. The number of thioether (sulfide) groups is 1. The number of carbonyl (C=O) groups excluding carboxylic acids is 1. The summed E-state index contributed by atoms with van der Waals surface area (Å²) in [6, 6.07) is 6.37. The van der Waals surface area contributed by atoms with Crippen LogP contribution in [0.25, 0.3) is 0 Å². The molecule has 1 spiro atoms. The van der Waals surface area contributed by atoms with Crippen LogP contribution in [0.3, 0.4) is 0 Å². The van der Waals surface area contributed by atoms with Crippen molar-refractivity contribution in [2.75, 3.05) is 37.3 Å². The van der Waals surface area contributed by atoms with Crippen molar-refractivity contribution in [2.45, 2.75) is 69.0 Å². The van der Waals surface area contributed by atoms with Gasteiger partial charge in [0.25, 0.3) is 0 Å². The number of rotatable bonds is 2. The van der Waals surface area contributed by atoms with Crippen LogP contribution in [-0.4, -0.2) is 59.0 Å². The fourth-order valence-electron chi connectivity index (χ4n) is 5.70. The SMILES string of the molecule is CSc1nc2c(c(N3CCN(C(=O)OC(C)(C)C)CC3)n1)CCC1(CCc3c(Cl)cccc31)C2. The zero-order chi connectivity index (χ0) is 24.1. The second-order valence-corrected chi connectivity index (χ2v) is 11.8.